The van der Waals surface area contributed by atoms with Gasteiger partial charge in [0.1, 0.15) is 5.82 Å². The van der Waals surface area contributed by atoms with Gasteiger partial charge in [0.15, 0.2) is 0 Å². The lowest BCUT2D eigenvalue weighted by Gasteiger charge is -2.09. The number of fused-ring (bicyclic) bond motifs is 2. The van der Waals surface area contributed by atoms with Crippen molar-refractivity contribution < 1.29 is 4.79 Å². The Kier molecular flexibility index (Phi) is 4.35. The van der Waals surface area contributed by atoms with Gasteiger partial charge in [-0.3, -0.25) is 9.78 Å². The highest BCUT2D eigenvalue weighted by Crippen LogP contribution is 2.17. The molecule has 0 aliphatic carbocycles. The second-order valence-corrected chi connectivity index (χ2v) is 6.28. The monoisotopic (exact) mass is 344 g/mol. The van der Waals surface area contributed by atoms with E-state index in [9.17, 15) is 4.79 Å². The van der Waals surface area contributed by atoms with E-state index in [2.05, 4.69) is 25.9 Å². The van der Waals surface area contributed by atoms with Gasteiger partial charge in [0.05, 0.1) is 22.1 Å². The number of hydrogen-bond donors (Lipinski definition) is 1. The Labute approximate surface area is 151 Å². The molecule has 4 aromatic rings. The van der Waals surface area contributed by atoms with Crippen LogP contribution in [0.25, 0.3) is 21.9 Å². The molecular weight excluding hydrogens is 324 g/mol. The minimum absolute atomic E-state index is 0.0594. The maximum atomic E-state index is 12.5. The molecule has 130 valence electrons. The Balaban J connectivity index is 1.41. The van der Waals surface area contributed by atoms with Gasteiger partial charge < -0.3 is 9.88 Å². The van der Waals surface area contributed by atoms with Crippen LogP contribution in [0.2, 0.25) is 0 Å². The quantitative estimate of drug-likeness (QED) is 0.561. The number of amides is 1. The Morgan fingerprint density at radius 1 is 1.04 bits per heavy atom. The van der Waals surface area contributed by atoms with Crippen molar-refractivity contribution in [2.24, 2.45) is 0 Å². The second-order valence-electron chi connectivity index (χ2n) is 6.28. The summed E-state index contributed by atoms with van der Waals surface area (Å²) in [6, 6.07) is 17.6. The van der Waals surface area contributed by atoms with E-state index in [-0.39, 0.29) is 5.91 Å². The Morgan fingerprint density at radius 3 is 2.69 bits per heavy atom. The highest BCUT2D eigenvalue weighted by atomic mass is 16.1. The molecule has 0 spiro atoms. The van der Waals surface area contributed by atoms with Gasteiger partial charge in [0.25, 0.3) is 5.91 Å². The number of benzene rings is 2. The number of carbonyl (C=O) groups excluding carboxylic acids is 1. The van der Waals surface area contributed by atoms with Crippen LogP contribution in [0.15, 0.2) is 60.8 Å². The lowest BCUT2D eigenvalue weighted by molar-refractivity contribution is 0.0954. The van der Waals surface area contributed by atoms with Crippen molar-refractivity contribution in [2.45, 2.75) is 19.9 Å². The third-order valence-corrected chi connectivity index (χ3v) is 4.58. The molecule has 0 fully saturated rings. The number of hydrogen-bond acceptors (Lipinski definition) is 3. The van der Waals surface area contributed by atoms with Crippen molar-refractivity contribution in [2.75, 3.05) is 6.54 Å². The number of imidazole rings is 1. The Morgan fingerprint density at radius 2 is 1.81 bits per heavy atom. The predicted octanol–water partition coefficient (Wildman–Crippen LogP) is 3.71. The first-order chi connectivity index (χ1) is 12.7. The largest absolute Gasteiger partial charge is 0.352 e. The maximum absolute atomic E-state index is 12.5. The van der Waals surface area contributed by atoms with Crippen LogP contribution in [0.4, 0.5) is 0 Å². The smallest absolute Gasteiger partial charge is 0.252 e. The van der Waals surface area contributed by atoms with Gasteiger partial charge in [-0.15, -0.1) is 0 Å². The zero-order valence-electron chi connectivity index (χ0n) is 14.6. The summed E-state index contributed by atoms with van der Waals surface area (Å²) in [5.41, 5.74) is 3.65. The number of nitrogens with zero attached hydrogens (tertiary/aromatic N) is 3. The SMILES string of the molecule is Cc1nc2ccccc2n1CCCNC(=O)c1ccnc2ccccc12. The summed E-state index contributed by atoms with van der Waals surface area (Å²) in [6.45, 7) is 3.45. The van der Waals surface area contributed by atoms with E-state index < -0.39 is 0 Å². The van der Waals surface area contributed by atoms with Crippen molar-refractivity contribution >= 4 is 27.8 Å². The average molecular weight is 344 g/mol. The molecule has 0 bridgehead atoms. The van der Waals surface area contributed by atoms with Crippen molar-refractivity contribution in [1.29, 1.82) is 0 Å². The van der Waals surface area contributed by atoms with Crippen molar-refractivity contribution in [3.05, 3.63) is 72.2 Å². The topological polar surface area (TPSA) is 59.8 Å². The summed E-state index contributed by atoms with van der Waals surface area (Å²) in [6.07, 6.45) is 2.52. The fraction of sp³-hybridized carbons (Fsp3) is 0.190. The van der Waals surface area contributed by atoms with E-state index in [1.807, 2.05) is 49.4 Å². The van der Waals surface area contributed by atoms with Gasteiger partial charge in [-0.05, 0) is 37.6 Å². The summed E-state index contributed by atoms with van der Waals surface area (Å²) < 4.78 is 2.20. The first kappa shape index (κ1) is 16.3. The fourth-order valence-electron chi connectivity index (χ4n) is 3.31. The molecule has 1 amide bonds. The highest BCUT2D eigenvalue weighted by Gasteiger charge is 2.10. The molecule has 1 N–H and O–H groups in total. The number of aromatic nitrogens is 3. The lowest BCUT2D eigenvalue weighted by atomic mass is 10.1. The number of pyridine rings is 1. The molecule has 2 aromatic carbocycles. The zero-order chi connectivity index (χ0) is 17.9. The van der Waals surface area contributed by atoms with Gasteiger partial charge in [-0.25, -0.2) is 4.98 Å². The fourth-order valence-corrected chi connectivity index (χ4v) is 3.31. The van der Waals surface area contributed by atoms with Gasteiger partial charge in [0, 0.05) is 24.7 Å². The third-order valence-electron chi connectivity index (χ3n) is 4.58. The minimum atomic E-state index is -0.0594. The normalized spacial score (nSPS) is 11.1. The molecule has 4 rings (SSSR count). The molecule has 0 atom stereocenters. The van der Waals surface area contributed by atoms with Crippen LogP contribution in [0.3, 0.4) is 0 Å². The molecule has 26 heavy (non-hydrogen) atoms. The van der Waals surface area contributed by atoms with Crippen LogP contribution in [0, 0.1) is 6.92 Å². The molecule has 0 radical (unpaired) electrons. The van der Waals surface area contributed by atoms with E-state index in [1.54, 1.807) is 12.3 Å². The third kappa shape index (κ3) is 3.04. The van der Waals surface area contributed by atoms with Crippen LogP contribution < -0.4 is 5.32 Å². The zero-order valence-corrected chi connectivity index (χ0v) is 14.6. The van der Waals surface area contributed by atoms with E-state index in [4.69, 9.17) is 0 Å². The van der Waals surface area contributed by atoms with Crippen molar-refractivity contribution in [3.63, 3.8) is 0 Å². The first-order valence-corrected chi connectivity index (χ1v) is 8.78. The standard InChI is InChI=1S/C21H20N4O/c1-15-24-19-9-4-5-10-20(19)25(15)14-6-12-23-21(26)17-11-13-22-18-8-3-2-7-16(17)18/h2-5,7-11,13H,6,12,14H2,1H3,(H,23,26). The second kappa shape index (κ2) is 6.96. The molecule has 2 aromatic heterocycles. The first-order valence-electron chi connectivity index (χ1n) is 8.78. The molecule has 5 heteroatoms. The van der Waals surface area contributed by atoms with Crippen LogP contribution in [-0.2, 0) is 6.54 Å². The summed E-state index contributed by atoms with van der Waals surface area (Å²) in [4.78, 5) is 21.4. The number of nitrogens with one attached hydrogen (secondary N) is 1. The summed E-state index contributed by atoms with van der Waals surface area (Å²) in [5, 5.41) is 3.90. The van der Waals surface area contributed by atoms with Crippen LogP contribution in [0.1, 0.15) is 22.6 Å². The Hall–Kier alpha value is -3.21. The van der Waals surface area contributed by atoms with E-state index in [0.29, 0.717) is 12.1 Å². The van der Waals surface area contributed by atoms with Gasteiger partial charge in [0.2, 0.25) is 0 Å². The van der Waals surface area contributed by atoms with Crippen LogP contribution >= 0.6 is 0 Å². The summed E-state index contributed by atoms with van der Waals surface area (Å²) in [5.74, 6) is 0.938. The molecule has 5 nitrogen and oxygen atoms in total. The highest BCUT2D eigenvalue weighted by molar-refractivity contribution is 6.05. The minimum Gasteiger partial charge on any atom is -0.352 e. The molecule has 0 aliphatic heterocycles. The maximum Gasteiger partial charge on any atom is 0.252 e. The molecular formula is C21H20N4O. The van der Waals surface area contributed by atoms with Gasteiger partial charge in [-0.1, -0.05) is 30.3 Å². The number of para-hydroxylation sites is 3. The van der Waals surface area contributed by atoms with E-state index in [1.165, 1.54) is 0 Å². The molecule has 0 aliphatic rings. The van der Waals surface area contributed by atoms with Gasteiger partial charge in [-0.2, -0.15) is 0 Å². The van der Waals surface area contributed by atoms with Crippen LogP contribution in [0.5, 0.6) is 0 Å². The van der Waals surface area contributed by atoms with Crippen LogP contribution in [-0.4, -0.2) is 27.0 Å². The summed E-state index contributed by atoms with van der Waals surface area (Å²) in [7, 11) is 0. The number of carbonyl (C=O) groups is 1. The lowest BCUT2D eigenvalue weighted by Crippen LogP contribution is -2.25. The van der Waals surface area contributed by atoms with E-state index in [0.717, 1.165) is 40.7 Å². The van der Waals surface area contributed by atoms with Gasteiger partial charge >= 0.3 is 0 Å². The molecule has 0 saturated carbocycles. The van der Waals surface area contributed by atoms with E-state index >= 15 is 0 Å². The number of rotatable bonds is 5. The van der Waals surface area contributed by atoms with Crippen molar-refractivity contribution in [3.8, 4) is 0 Å². The number of aryl methyl sites for hydroxylation is 2. The summed E-state index contributed by atoms with van der Waals surface area (Å²) >= 11 is 0. The van der Waals surface area contributed by atoms with Crippen molar-refractivity contribution in [1.82, 2.24) is 19.9 Å². The predicted molar refractivity (Wildman–Crippen MR) is 103 cm³/mol. The Bertz CT molecular complexity index is 1080. The molecule has 0 unspecified atom stereocenters. The average Bonchev–Trinajstić information content (AvgIpc) is 3.00. The molecule has 0 saturated heterocycles. The molecule has 2 heterocycles.